The highest BCUT2D eigenvalue weighted by Gasteiger charge is 2.16. The maximum absolute atomic E-state index is 13.4. The molecule has 0 saturated heterocycles. The predicted octanol–water partition coefficient (Wildman–Crippen LogP) is 2.77. The van der Waals surface area contributed by atoms with Gasteiger partial charge in [0.15, 0.2) is 0 Å². The molecule has 3 aromatic rings. The second-order valence-corrected chi connectivity index (χ2v) is 4.42. The number of fused-ring (bicyclic) bond motifs is 1. The SMILES string of the molecule is O=C(O)Cc1c(-c2ccccc2)nc2ccc(F)cn12. The zero-order valence-electron chi connectivity index (χ0n) is 10.5. The normalized spacial score (nSPS) is 10.8. The minimum atomic E-state index is -0.978. The fraction of sp³-hybridized carbons (Fsp3) is 0.0667. The molecule has 100 valence electrons. The van der Waals surface area contributed by atoms with E-state index in [1.807, 2.05) is 30.3 Å². The van der Waals surface area contributed by atoms with Crippen molar-refractivity contribution in [2.24, 2.45) is 0 Å². The molecule has 0 unspecified atom stereocenters. The molecule has 0 amide bonds. The van der Waals surface area contributed by atoms with Crippen molar-refractivity contribution in [2.45, 2.75) is 6.42 Å². The summed E-state index contributed by atoms with van der Waals surface area (Å²) < 4.78 is 14.9. The molecule has 4 nitrogen and oxygen atoms in total. The van der Waals surface area contributed by atoms with E-state index in [0.717, 1.165) is 5.56 Å². The number of nitrogens with zero attached hydrogens (tertiary/aromatic N) is 2. The number of pyridine rings is 1. The van der Waals surface area contributed by atoms with Crippen LogP contribution in [0.2, 0.25) is 0 Å². The zero-order valence-corrected chi connectivity index (χ0v) is 10.5. The number of hydrogen-bond acceptors (Lipinski definition) is 2. The molecular weight excluding hydrogens is 259 g/mol. The van der Waals surface area contributed by atoms with Gasteiger partial charge in [-0.2, -0.15) is 0 Å². The van der Waals surface area contributed by atoms with E-state index in [2.05, 4.69) is 4.98 Å². The molecular formula is C15H11FN2O2. The number of carboxylic acids is 1. The average molecular weight is 270 g/mol. The van der Waals surface area contributed by atoms with E-state index in [1.54, 1.807) is 0 Å². The Hall–Kier alpha value is -2.69. The number of carboxylic acid groups (broad SMARTS) is 1. The van der Waals surface area contributed by atoms with Gasteiger partial charge in [0.2, 0.25) is 0 Å². The molecule has 0 radical (unpaired) electrons. The van der Waals surface area contributed by atoms with Crippen molar-refractivity contribution in [3.63, 3.8) is 0 Å². The summed E-state index contributed by atoms with van der Waals surface area (Å²) in [7, 11) is 0. The number of rotatable bonds is 3. The van der Waals surface area contributed by atoms with Crippen LogP contribution in [0.1, 0.15) is 5.69 Å². The molecule has 20 heavy (non-hydrogen) atoms. The summed E-state index contributed by atoms with van der Waals surface area (Å²) in [5.74, 6) is -1.41. The quantitative estimate of drug-likeness (QED) is 0.796. The fourth-order valence-electron chi connectivity index (χ4n) is 2.21. The first-order valence-corrected chi connectivity index (χ1v) is 6.09. The van der Waals surface area contributed by atoms with Crippen LogP contribution in [0.25, 0.3) is 16.9 Å². The van der Waals surface area contributed by atoms with E-state index in [0.29, 0.717) is 17.0 Å². The summed E-state index contributed by atoms with van der Waals surface area (Å²) in [6, 6.07) is 12.1. The maximum atomic E-state index is 13.4. The van der Waals surface area contributed by atoms with Crippen LogP contribution in [-0.4, -0.2) is 20.5 Å². The van der Waals surface area contributed by atoms with E-state index in [1.165, 1.54) is 22.7 Å². The molecule has 0 atom stereocenters. The number of halogens is 1. The van der Waals surface area contributed by atoms with Gasteiger partial charge in [0, 0.05) is 11.8 Å². The lowest BCUT2D eigenvalue weighted by molar-refractivity contribution is -0.136. The number of aliphatic carboxylic acids is 1. The standard InChI is InChI=1S/C15H11FN2O2/c16-11-6-7-13-17-15(10-4-2-1-3-5-10)12(8-14(19)20)18(13)9-11/h1-7,9H,8H2,(H,19,20). The Morgan fingerprint density at radius 1 is 1.20 bits per heavy atom. The van der Waals surface area contributed by atoms with Gasteiger partial charge in [-0.25, -0.2) is 9.37 Å². The molecule has 5 heteroatoms. The molecule has 0 fully saturated rings. The number of carbonyl (C=O) groups is 1. The Morgan fingerprint density at radius 3 is 2.65 bits per heavy atom. The van der Waals surface area contributed by atoms with Crippen molar-refractivity contribution < 1.29 is 14.3 Å². The zero-order chi connectivity index (χ0) is 14.1. The number of imidazole rings is 1. The van der Waals surface area contributed by atoms with E-state index < -0.39 is 11.8 Å². The highest BCUT2D eigenvalue weighted by atomic mass is 19.1. The second kappa shape index (κ2) is 4.77. The van der Waals surface area contributed by atoms with Crippen LogP contribution < -0.4 is 0 Å². The molecule has 1 N–H and O–H groups in total. The summed E-state index contributed by atoms with van der Waals surface area (Å²) in [5, 5.41) is 9.05. The minimum Gasteiger partial charge on any atom is -0.481 e. The van der Waals surface area contributed by atoms with Crippen molar-refractivity contribution in [2.75, 3.05) is 0 Å². The third-order valence-corrected chi connectivity index (χ3v) is 3.05. The third kappa shape index (κ3) is 2.14. The lowest BCUT2D eigenvalue weighted by Gasteiger charge is -2.02. The van der Waals surface area contributed by atoms with Gasteiger partial charge in [-0.05, 0) is 12.1 Å². The smallest absolute Gasteiger partial charge is 0.309 e. The van der Waals surface area contributed by atoms with Crippen LogP contribution in [0, 0.1) is 5.82 Å². The van der Waals surface area contributed by atoms with E-state index in [4.69, 9.17) is 5.11 Å². The Bertz CT molecular complexity index is 781. The highest BCUT2D eigenvalue weighted by Crippen LogP contribution is 2.25. The average Bonchev–Trinajstić information content (AvgIpc) is 2.77. The Balaban J connectivity index is 2.28. The van der Waals surface area contributed by atoms with Gasteiger partial charge < -0.3 is 5.11 Å². The largest absolute Gasteiger partial charge is 0.481 e. The van der Waals surface area contributed by atoms with Gasteiger partial charge in [0.1, 0.15) is 11.5 Å². The molecule has 1 aromatic carbocycles. The van der Waals surface area contributed by atoms with Gasteiger partial charge in [-0.15, -0.1) is 0 Å². The Morgan fingerprint density at radius 2 is 1.95 bits per heavy atom. The lowest BCUT2D eigenvalue weighted by Crippen LogP contribution is -2.05. The van der Waals surface area contributed by atoms with Crippen LogP contribution in [0.4, 0.5) is 4.39 Å². The Labute approximate surface area is 114 Å². The van der Waals surface area contributed by atoms with Crippen LogP contribution >= 0.6 is 0 Å². The molecule has 0 aliphatic rings. The van der Waals surface area contributed by atoms with E-state index >= 15 is 0 Å². The van der Waals surface area contributed by atoms with E-state index in [-0.39, 0.29) is 6.42 Å². The van der Waals surface area contributed by atoms with Crippen molar-refractivity contribution >= 4 is 11.6 Å². The number of benzene rings is 1. The summed E-state index contributed by atoms with van der Waals surface area (Å²) in [6.45, 7) is 0. The molecule has 2 heterocycles. The van der Waals surface area contributed by atoms with Crippen molar-refractivity contribution in [3.8, 4) is 11.3 Å². The third-order valence-electron chi connectivity index (χ3n) is 3.05. The van der Waals surface area contributed by atoms with Crippen LogP contribution in [0.15, 0.2) is 48.7 Å². The van der Waals surface area contributed by atoms with Crippen LogP contribution in [-0.2, 0) is 11.2 Å². The van der Waals surface area contributed by atoms with Gasteiger partial charge in [-0.3, -0.25) is 9.20 Å². The molecule has 0 aliphatic heterocycles. The monoisotopic (exact) mass is 270 g/mol. The second-order valence-electron chi connectivity index (χ2n) is 4.42. The summed E-state index contributed by atoms with van der Waals surface area (Å²) in [5.41, 5.74) is 2.38. The summed E-state index contributed by atoms with van der Waals surface area (Å²) >= 11 is 0. The Kier molecular flexibility index (Phi) is 2.95. The summed E-state index contributed by atoms with van der Waals surface area (Å²) in [4.78, 5) is 15.5. The van der Waals surface area contributed by atoms with Gasteiger partial charge in [-0.1, -0.05) is 30.3 Å². The molecule has 0 bridgehead atoms. The van der Waals surface area contributed by atoms with Gasteiger partial charge in [0.05, 0.1) is 17.8 Å². The van der Waals surface area contributed by atoms with Crippen molar-refractivity contribution in [3.05, 3.63) is 60.2 Å². The number of aromatic nitrogens is 2. The van der Waals surface area contributed by atoms with Crippen LogP contribution in [0.3, 0.4) is 0 Å². The lowest BCUT2D eigenvalue weighted by atomic mass is 10.1. The van der Waals surface area contributed by atoms with Crippen molar-refractivity contribution in [1.29, 1.82) is 0 Å². The first-order chi connectivity index (χ1) is 9.65. The molecule has 2 aromatic heterocycles. The molecule has 3 rings (SSSR count). The van der Waals surface area contributed by atoms with Crippen LogP contribution in [0.5, 0.6) is 0 Å². The fourth-order valence-corrected chi connectivity index (χ4v) is 2.21. The molecule has 0 aliphatic carbocycles. The predicted molar refractivity (Wildman–Crippen MR) is 71.9 cm³/mol. The van der Waals surface area contributed by atoms with Gasteiger partial charge >= 0.3 is 5.97 Å². The van der Waals surface area contributed by atoms with Crippen molar-refractivity contribution in [1.82, 2.24) is 9.38 Å². The number of hydrogen-bond donors (Lipinski definition) is 1. The first kappa shape index (κ1) is 12.3. The minimum absolute atomic E-state index is 0.213. The highest BCUT2D eigenvalue weighted by molar-refractivity contribution is 5.76. The first-order valence-electron chi connectivity index (χ1n) is 6.09. The topological polar surface area (TPSA) is 54.6 Å². The maximum Gasteiger partial charge on any atom is 0.309 e. The molecule has 0 spiro atoms. The van der Waals surface area contributed by atoms with Gasteiger partial charge in [0.25, 0.3) is 0 Å². The van der Waals surface area contributed by atoms with E-state index in [9.17, 15) is 9.18 Å². The summed E-state index contributed by atoms with van der Waals surface area (Å²) in [6.07, 6.45) is 1.04. The molecule has 0 saturated carbocycles.